The number of fused-ring (bicyclic) bond motifs is 2. The van der Waals surface area contributed by atoms with Crippen LogP contribution in [0.5, 0.6) is 0 Å². The maximum Gasteiger partial charge on any atom is 0.238 e. The van der Waals surface area contributed by atoms with Crippen molar-refractivity contribution in [3.63, 3.8) is 0 Å². The van der Waals surface area contributed by atoms with Crippen molar-refractivity contribution in [1.82, 2.24) is 9.80 Å². The normalized spacial score (nSPS) is 19.4. The van der Waals surface area contributed by atoms with Crippen LogP contribution in [0, 0.1) is 0 Å². The predicted octanol–water partition coefficient (Wildman–Crippen LogP) is 3.77. The summed E-state index contributed by atoms with van der Waals surface area (Å²) in [4.78, 5) is 43.6. The van der Waals surface area contributed by atoms with Crippen LogP contribution in [-0.4, -0.2) is 66.0 Å². The summed E-state index contributed by atoms with van der Waals surface area (Å²) in [5, 5.41) is 2.91. The van der Waals surface area contributed by atoms with E-state index in [1.54, 1.807) is 42.5 Å². The quantitative estimate of drug-likeness (QED) is 0.632. The molecule has 0 unspecified atom stereocenters. The van der Waals surface area contributed by atoms with Gasteiger partial charge in [-0.1, -0.05) is 55.7 Å². The van der Waals surface area contributed by atoms with Crippen LogP contribution in [0.15, 0.2) is 42.5 Å². The number of anilines is 1. The Morgan fingerprint density at radius 1 is 0.818 bits per heavy atom. The molecule has 1 amide bonds. The molecule has 2 fully saturated rings. The van der Waals surface area contributed by atoms with Gasteiger partial charge < -0.3 is 5.32 Å². The van der Waals surface area contributed by atoms with Gasteiger partial charge in [0.15, 0.2) is 11.6 Å². The Hall–Kier alpha value is -2.54. The van der Waals surface area contributed by atoms with Crippen molar-refractivity contribution in [2.75, 3.05) is 38.0 Å². The third kappa shape index (κ3) is 4.74. The van der Waals surface area contributed by atoms with Gasteiger partial charge in [-0.2, -0.15) is 0 Å². The number of halogens is 1. The molecule has 2 aromatic rings. The molecule has 1 aliphatic heterocycles. The number of benzene rings is 2. The van der Waals surface area contributed by atoms with Crippen LogP contribution in [0.25, 0.3) is 0 Å². The van der Waals surface area contributed by atoms with E-state index in [1.165, 1.54) is 32.1 Å². The molecule has 1 saturated carbocycles. The molecule has 5 rings (SSSR count). The minimum absolute atomic E-state index is 0. The Balaban J connectivity index is 0.00000259. The third-order valence-corrected chi connectivity index (χ3v) is 7.09. The van der Waals surface area contributed by atoms with Crippen molar-refractivity contribution >= 4 is 35.6 Å². The van der Waals surface area contributed by atoms with E-state index in [2.05, 4.69) is 15.1 Å². The molecule has 0 radical (unpaired) electrons. The molecule has 0 spiro atoms. The summed E-state index contributed by atoms with van der Waals surface area (Å²) in [6.45, 7) is 4.05. The van der Waals surface area contributed by atoms with E-state index in [9.17, 15) is 14.4 Å². The van der Waals surface area contributed by atoms with Gasteiger partial charge in [0.1, 0.15) is 0 Å². The Kier molecular flexibility index (Phi) is 7.27. The molecule has 33 heavy (non-hydrogen) atoms. The molecule has 0 aromatic heterocycles. The number of piperazine rings is 1. The average molecular weight is 468 g/mol. The molecule has 1 heterocycles. The Morgan fingerprint density at radius 3 is 2.15 bits per heavy atom. The van der Waals surface area contributed by atoms with E-state index in [0.717, 1.165) is 26.2 Å². The number of carbonyl (C=O) groups is 3. The minimum atomic E-state index is -0.216. The number of nitrogens with one attached hydrogen (secondary N) is 1. The highest BCUT2D eigenvalue weighted by Gasteiger charge is 2.32. The Bertz CT molecular complexity index is 1060. The largest absolute Gasteiger partial charge is 0.324 e. The van der Waals surface area contributed by atoms with Crippen LogP contribution in [0.2, 0.25) is 0 Å². The second-order valence-electron chi connectivity index (χ2n) is 9.08. The van der Waals surface area contributed by atoms with E-state index in [0.29, 0.717) is 40.5 Å². The molecule has 3 aliphatic rings. The summed E-state index contributed by atoms with van der Waals surface area (Å²) in [6.07, 6.45) is 6.63. The van der Waals surface area contributed by atoms with Crippen LogP contribution in [0.3, 0.4) is 0 Å². The van der Waals surface area contributed by atoms with Crippen molar-refractivity contribution in [2.24, 2.45) is 0 Å². The van der Waals surface area contributed by atoms with Gasteiger partial charge in [-0.25, -0.2) is 0 Å². The van der Waals surface area contributed by atoms with Crippen molar-refractivity contribution in [1.29, 1.82) is 0 Å². The monoisotopic (exact) mass is 467 g/mol. The summed E-state index contributed by atoms with van der Waals surface area (Å²) in [5.41, 5.74) is 1.88. The van der Waals surface area contributed by atoms with Gasteiger partial charge in [-0.3, -0.25) is 24.2 Å². The number of hydrogen-bond donors (Lipinski definition) is 1. The first kappa shape index (κ1) is 23.6. The van der Waals surface area contributed by atoms with Gasteiger partial charge in [-0.05, 0) is 18.9 Å². The van der Waals surface area contributed by atoms with Crippen LogP contribution in [-0.2, 0) is 4.79 Å². The molecular formula is C26H30ClN3O3. The fourth-order valence-electron chi connectivity index (χ4n) is 5.37. The standard InChI is InChI=1S/C26H29N3O3.ClH/c30-23(17-28-13-15-29(16-14-28)18-7-2-1-3-8-18)27-22-12-6-11-21-24(22)26(32)20-10-5-4-9-19(20)25(21)31;/h4-6,9-12,18H,1-3,7-8,13-17H2,(H,27,30);1H. The first-order valence-electron chi connectivity index (χ1n) is 11.7. The van der Waals surface area contributed by atoms with Gasteiger partial charge >= 0.3 is 0 Å². The van der Waals surface area contributed by atoms with E-state index >= 15 is 0 Å². The van der Waals surface area contributed by atoms with Gasteiger partial charge in [0, 0.05) is 48.9 Å². The van der Waals surface area contributed by atoms with E-state index in [4.69, 9.17) is 0 Å². The zero-order valence-electron chi connectivity index (χ0n) is 18.7. The first-order chi connectivity index (χ1) is 15.6. The summed E-state index contributed by atoms with van der Waals surface area (Å²) >= 11 is 0. The van der Waals surface area contributed by atoms with Gasteiger partial charge in [-0.15, -0.1) is 12.4 Å². The highest BCUT2D eigenvalue weighted by atomic mass is 35.5. The zero-order chi connectivity index (χ0) is 22.1. The van der Waals surface area contributed by atoms with Crippen LogP contribution in [0.1, 0.15) is 63.9 Å². The zero-order valence-corrected chi connectivity index (χ0v) is 19.5. The molecule has 2 aromatic carbocycles. The van der Waals surface area contributed by atoms with E-state index in [1.807, 2.05) is 0 Å². The molecule has 2 aliphatic carbocycles. The third-order valence-electron chi connectivity index (χ3n) is 7.09. The highest BCUT2D eigenvalue weighted by molar-refractivity contribution is 6.30. The van der Waals surface area contributed by atoms with Crippen molar-refractivity contribution in [3.8, 4) is 0 Å². The molecule has 0 atom stereocenters. The number of amides is 1. The van der Waals surface area contributed by atoms with Gasteiger partial charge in [0.2, 0.25) is 5.91 Å². The second kappa shape index (κ2) is 10.2. The van der Waals surface area contributed by atoms with Crippen molar-refractivity contribution in [2.45, 2.75) is 38.1 Å². The van der Waals surface area contributed by atoms with Gasteiger partial charge in [0.05, 0.1) is 17.8 Å². The number of nitrogens with zero attached hydrogens (tertiary/aromatic N) is 2. The number of rotatable bonds is 4. The van der Waals surface area contributed by atoms with Crippen molar-refractivity contribution < 1.29 is 14.4 Å². The second-order valence-corrected chi connectivity index (χ2v) is 9.08. The minimum Gasteiger partial charge on any atom is -0.324 e. The molecule has 6 nitrogen and oxygen atoms in total. The summed E-state index contributed by atoms with van der Waals surface area (Å²) < 4.78 is 0. The first-order valence-corrected chi connectivity index (χ1v) is 11.7. The fraction of sp³-hybridized carbons (Fsp3) is 0.423. The summed E-state index contributed by atoms with van der Waals surface area (Å²) in [7, 11) is 0. The smallest absolute Gasteiger partial charge is 0.238 e. The summed E-state index contributed by atoms with van der Waals surface area (Å²) in [5.74, 6) is -0.541. The molecular weight excluding hydrogens is 438 g/mol. The number of ketones is 2. The maximum absolute atomic E-state index is 13.1. The van der Waals surface area contributed by atoms with Crippen molar-refractivity contribution in [3.05, 3.63) is 64.7 Å². The predicted molar refractivity (Wildman–Crippen MR) is 131 cm³/mol. The topological polar surface area (TPSA) is 69.7 Å². The van der Waals surface area contributed by atoms with Crippen LogP contribution >= 0.6 is 12.4 Å². The lowest BCUT2D eigenvalue weighted by Gasteiger charge is -2.40. The SMILES string of the molecule is Cl.O=C(CN1CCN(C2CCCCC2)CC1)Nc1cccc2c1C(=O)c1ccccc1C2=O. The fourth-order valence-corrected chi connectivity index (χ4v) is 5.37. The van der Waals surface area contributed by atoms with Crippen LogP contribution < -0.4 is 5.32 Å². The number of carbonyl (C=O) groups excluding carboxylic acids is 3. The molecule has 0 bridgehead atoms. The Labute approximate surface area is 200 Å². The lowest BCUT2D eigenvalue weighted by Crippen LogP contribution is -2.52. The maximum atomic E-state index is 13.1. The Morgan fingerprint density at radius 2 is 1.45 bits per heavy atom. The molecule has 1 N–H and O–H groups in total. The van der Waals surface area contributed by atoms with E-state index < -0.39 is 0 Å². The number of hydrogen-bond acceptors (Lipinski definition) is 5. The summed E-state index contributed by atoms with van der Waals surface area (Å²) in [6, 6.07) is 12.7. The van der Waals surface area contributed by atoms with E-state index in [-0.39, 0.29) is 29.9 Å². The molecule has 174 valence electrons. The average Bonchev–Trinajstić information content (AvgIpc) is 2.83. The highest BCUT2D eigenvalue weighted by Crippen LogP contribution is 2.32. The molecule has 7 heteroatoms. The van der Waals surface area contributed by atoms with Crippen LogP contribution in [0.4, 0.5) is 5.69 Å². The molecule has 1 saturated heterocycles. The lowest BCUT2D eigenvalue weighted by molar-refractivity contribution is -0.117. The van der Waals surface area contributed by atoms with Gasteiger partial charge in [0.25, 0.3) is 0 Å². The lowest BCUT2D eigenvalue weighted by atomic mass is 9.83.